The zero-order valence-electron chi connectivity index (χ0n) is 9.28. The van der Waals surface area contributed by atoms with E-state index in [4.69, 9.17) is 9.84 Å². The summed E-state index contributed by atoms with van der Waals surface area (Å²) in [5.41, 5.74) is 0. The van der Waals surface area contributed by atoms with Crippen molar-refractivity contribution in [1.82, 2.24) is 5.32 Å². The summed E-state index contributed by atoms with van der Waals surface area (Å²) in [6.45, 7) is 4.18. The molecule has 5 heteroatoms. The number of hydrogen-bond donors (Lipinski definition) is 2. The first-order valence-electron chi connectivity index (χ1n) is 5.27. The number of carbonyl (C=O) groups excluding carboxylic acids is 1. The number of nitrogens with one attached hydrogen (secondary N) is 1. The van der Waals surface area contributed by atoms with Gasteiger partial charge < -0.3 is 15.2 Å². The van der Waals surface area contributed by atoms with Crippen LogP contribution in [0.25, 0.3) is 0 Å². The predicted octanol–water partition coefficient (Wildman–Crippen LogP) is 1.77. The van der Waals surface area contributed by atoms with E-state index in [1.165, 1.54) is 0 Å². The van der Waals surface area contributed by atoms with Gasteiger partial charge in [-0.1, -0.05) is 26.7 Å². The average Bonchev–Trinajstić information content (AvgIpc) is 2.17. The molecular formula is C10H19NO4. The second kappa shape index (κ2) is 8.08. The summed E-state index contributed by atoms with van der Waals surface area (Å²) in [7, 11) is 0. The van der Waals surface area contributed by atoms with Crippen LogP contribution in [0.3, 0.4) is 0 Å². The van der Waals surface area contributed by atoms with Crippen LogP contribution in [0.4, 0.5) is 4.79 Å². The Bertz CT molecular complexity index is 206. The SMILES string of the molecule is CCCCOC(=O)N[C@H](CCC)C(=O)O. The molecule has 5 nitrogen and oxygen atoms in total. The van der Waals surface area contributed by atoms with E-state index in [1.807, 2.05) is 13.8 Å². The molecule has 0 aliphatic heterocycles. The standard InChI is InChI=1S/C10H19NO4/c1-3-5-7-15-10(14)11-8(6-4-2)9(12)13/h8H,3-7H2,1-2H3,(H,11,14)(H,12,13)/t8-/m1/s1. The summed E-state index contributed by atoms with van der Waals surface area (Å²) in [5, 5.41) is 11.1. The van der Waals surface area contributed by atoms with Gasteiger partial charge in [0.2, 0.25) is 0 Å². The Hall–Kier alpha value is -1.26. The third-order valence-corrected chi connectivity index (χ3v) is 1.90. The average molecular weight is 217 g/mol. The van der Waals surface area contributed by atoms with E-state index in [-0.39, 0.29) is 0 Å². The van der Waals surface area contributed by atoms with Gasteiger partial charge in [0.05, 0.1) is 6.61 Å². The summed E-state index contributed by atoms with van der Waals surface area (Å²) >= 11 is 0. The highest BCUT2D eigenvalue weighted by molar-refractivity contribution is 5.79. The van der Waals surface area contributed by atoms with Crippen LogP contribution in [-0.2, 0) is 9.53 Å². The Balaban J connectivity index is 3.84. The molecule has 1 atom stereocenters. The van der Waals surface area contributed by atoms with Crippen molar-refractivity contribution in [3.05, 3.63) is 0 Å². The van der Waals surface area contributed by atoms with Crippen LogP contribution in [0.1, 0.15) is 39.5 Å². The minimum absolute atomic E-state index is 0.334. The molecule has 0 fully saturated rings. The molecule has 0 aliphatic rings. The lowest BCUT2D eigenvalue weighted by molar-refractivity contribution is -0.139. The van der Waals surface area contributed by atoms with Crippen molar-refractivity contribution in [1.29, 1.82) is 0 Å². The third kappa shape index (κ3) is 6.76. The molecule has 0 spiro atoms. The van der Waals surface area contributed by atoms with E-state index >= 15 is 0 Å². The van der Waals surface area contributed by atoms with Crippen molar-refractivity contribution in [2.24, 2.45) is 0 Å². The molecule has 0 bridgehead atoms. The summed E-state index contributed by atoms with van der Waals surface area (Å²) in [4.78, 5) is 21.8. The van der Waals surface area contributed by atoms with Crippen LogP contribution in [0.15, 0.2) is 0 Å². The normalized spacial score (nSPS) is 11.9. The number of rotatable bonds is 7. The molecular weight excluding hydrogens is 198 g/mol. The Morgan fingerprint density at radius 2 is 2.00 bits per heavy atom. The van der Waals surface area contributed by atoms with Crippen LogP contribution < -0.4 is 5.32 Å². The van der Waals surface area contributed by atoms with Crippen molar-refractivity contribution in [2.45, 2.75) is 45.6 Å². The Labute approximate surface area is 89.8 Å². The van der Waals surface area contributed by atoms with Gasteiger partial charge in [0.1, 0.15) is 6.04 Å². The molecule has 0 heterocycles. The zero-order valence-corrected chi connectivity index (χ0v) is 9.28. The molecule has 0 unspecified atom stereocenters. The highest BCUT2D eigenvalue weighted by atomic mass is 16.5. The molecule has 0 aromatic rings. The van der Waals surface area contributed by atoms with E-state index in [2.05, 4.69) is 5.32 Å². The van der Waals surface area contributed by atoms with Crippen LogP contribution in [-0.4, -0.2) is 29.8 Å². The van der Waals surface area contributed by atoms with Gasteiger partial charge >= 0.3 is 12.1 Å². The summed E-state index contributed by atoms with van der Waals surface area (Å²) < 4.78 is 4.80. The Morgan fingerprint density at radius 3 is 2.47 bits per heavy atom. The van der Waals surface area contributed by atoms with Gasteiger partial charge in [-0.25, -0.2) is 9.59 Å². The van der Waals surface area contributed by atoms with E-state index < -0.39 is 18.1 Å². The van der Waals surface area contributed by atoms with Crippen LogP contribution >= 0.6 is 0 Å². The van der Waals surface area contributed by atoms with Gasteiger partial charge in [0.15, 0.2) is 0 Å². The number of hydrogen-bond acceptors (Lipinski definition) is 3. The second-order valence-electron chi connectivity index (χ2n) is 3.31. The number of carboxylic acid groups (broad SMARTS) is 1. The molecule has 0 saturated heterocycles. The first-order valence-corrected chi connectivity index (χ1v) is 5.27. The minimum atomic E-state index is -1.02. The van der Waals surface area contributed by atoms with Crippen LogP contribution in [0.2, 0.25) is 0 Å². The van der Waals surface area contributed by atoms with Crippen molar-refractivity contribution < 1.29 is 19.4 Å². The number of carboxylic acids is 1. The van der Waals surface area contributed by atoms with Crippen molar-refractivity contribution in [3.63, 3.8) is 0 Å². The van der Waals surface area contributed by atoms with Crippen LogP contribution in [0, 0.1) is 0 Å². The lowest BCUT2D eigenvalue weighted by atomic mass is 10.2. The maximum Gasteiger partial charge on any atom is 0.407 e. The van der Waals surface area contributed by atoms with E-state index in [0.717, 1.165) is 12.8 Å². The molecule has 0 rings (SSSR count). The van der Waals surface area contributed by atoms with Gasteiger partial charge in [-0.05, 0) is 12.8 Å². The lowest BCUT2D eigenvalue weighted by Crippen LogP contribution is -2.41. The van der Waals surface area contributed by atoms with E-state index in [0.29, 0.717) is 19.4 Å². The minimum Gasteiger partial charge on any atom is -0.480 e. The van der Waals surface area contributed by atoms with Crippen LogP contribution in [0.5, 0.6) is 0 Å². The number of carbonyl (C=O) groups is 2. The van der Waals surface area contributed by atoms with E-state index in [1.54, 1.807) is 0 Å². The molecule has 0 aromatic carbocycles. The predicted molar refractivity (Wildman–Crippen MR) is 55.7 cm³/mol. The molecule has 88 valence electrons. The fourth-order valence-corrected chi connectivity index (χ4v) is 1.04. The summed E-state index contributed by atoms with van der Waals surface area (Å²) in [6, 6.07) is -0.843. The maximum absolute atomic E-state index is 11.1. The molecule has 0 saturated carbocycles. The van der Waals surface area contributed by atoms with Gasteiger partial charge in [0, 0.05) is 0 Å². The Morgan fingerprint density at radius 1 is 1.33 bits per heavy atom. The van der Waals surface area contributed by atoms with Crippen molar-refractivity contribution in [2.75, 3.05) is 6.61 Å². The lowest BCUT2D eigenvalue weighted by Gasteiger charge is -2.13. The second-order valence-corrected chi connectivity index (χ2v) is 3.31. The highest BCUT2D eigenvalue weighted by Crippen LogP contribution is 1.98. The maximum atomic E-state index is 11.1. The summed E-state index contributed by atoms with van der Waals surface area (Å²) in [6.07, 6.45) is 2.19. The molecule has 2 N–H and O–H groups in total. The van der Waals surface area contributed by atoms with Crippen molar-refractivity contribution in [3.8, 4) is 0 Å². The number of amides is 1. The fraction of sp³-hybridized carbons (Fsp3) is 0.800. The number of aliphatic carboxylic acids is 1. The van der Waals surface area contributed by atoms with Gasteiger partial charge in [-0.15, -0.1) is 0 Å². The summed E-state index contributed by atoms with van der Waals surface area (Å²) in [5.74, 6) is -1.02. The van der Waals surface area contributed by atoms with Gasteiger partial charge in [0.25, 0.3) is 0 Å². The van der Waals surface area contributed by atoms with Gasteiger partial charge in [-0.2, -0.15) is 0 Å². The quantitative estimate of drug-likeness (QED) is 0.637. The topological polar surface area (TPSA) is 75.6 Å². The third-order valence-electron chi connectivity index (χ3n) is 1.90. The smallest absolute Gasteiger partial charge is 0.407 e. The Kier molecular flexibility index (Phi) is 7.40. The molecule has 1 amide bonds. The first kappa shape index (κ1) is 13.7. The molecule has 0 aromatic heterocycles. The largest absolute Gasteiger partial charge is 0.480 e. The highest BCUT2D eigenvalue weighted by Gasteiger charge is 2.18. The first-order chi connectivity index (χ1) is 7.11. The monoisotopic (exact) mass is 217 g/mol. The van der Waals surface area contributed by atoms with E-state index in [9.17, 15) is 9.59 Å². The molecule has 15 heavy (non-hydrogen) atoms. The molecule has 0 aliphatic carbocycles. The van der Waals surface area contributed by atoms with Crippen molar-refractivity contribution >= 4 is 12.1 Å². The molecule has 0 radical (unpaired) electrons. The number of alkyl carbamates (subject to hydrolysis) is 1. The van der Waals surface area contributed by atoms with Gasteiger partial charge in [-0.3, -0.25) is 0 Å². The number of ether oxygens (including phenoxy) is 1. The number of unbranched alkanes of at least 4 members (excludes halogenated alkanes) is 1. The fourth-order valence-electron chi connectivity index (χ4n) is 1.04. The zero-order chi connectivity index (χ0) is 11.7.